The number of rotatable bonds is 3. The number of anilines is 1. The topological polar surface area (TPSA) is 49.3 Å². The summed E-state index contributed by atoms with van der Waals surface area (Å²) in [6.45, 7) is 5.72. The standard InChI is InChI=1S/C15H19NO2/c1-11(2)15(18)16-14-10-13(6-4-5-9-17)8-7-12(14)3/h7-8,10-11,17H,5,9H2,1-3H3,(H,16,18). The monoisotopic (exact) mass is 245 g/mol. The molecule has 0 bridgehead atoms. The van der Waals surface area contributed by atoms with Gasteiger partial charge in [0, 0.05) is 23.6 Å². The van der Waals surface area contributed by atoms with Crippen LogP contribution in [-0.2, 0) is 4.79 Å². The van der Waals surface area contributed by atoms with E-state index in [1.807, 2.05) is 39.0 Å². The Bertz CT molecular complexity index is 481. The molecule has 2 N–H and O–H groups in total. The minimum absolute atomic E-state index is 0.00133. The summed E-state index contributed by atoms with van der Waals surface area (Å²) in [4.78, 5) is 11.7. The quantitative estimate of drug-likeness (QED) is 0.803. The number of aryl methyl sites for hydroxylation is 1. The average Bonchev–Trinajstić information content (AvgIpc) is 2.33. The molecule has 1 amide bonds. The molecule has 1 aromatic carbocycles. The van der Waals surface area contributed by atoms with Crippen molar-refractivity contribution in [1.82, 2.24) is 0 Å². The van der Waals surface area contributed by atoms with Crippen LogP contribution in [0.25, 0.3) is 0 Å². The maximum Gasteiger partial charge on any atom is 0.226 e. The maximum absolute atomic E-state index is 11.7. The van der Waals surface area contributed by atoms with Crippen molar-refractivity contribution >= 4 is 11.6 Å². The van der Waals surface area contributed by atoms with E-state index >= 15 is 0 Å². The lowest BCUT2D eigenvalue weighted by atomic mass is 10.1. The zero-order chi connectivity index (χ0) is 13.5. The van der Waals surface area contributed by atoms with Crippen LogP contribution < -0.4 is 5.32 Å². The van der Waals surface area contributed by atoms with Gasteiger partial charge in [0.1, 0.15) is 0 Å². The van der Waals surface area contributed by atoms with Gasteiger partial charge < -0.3 is 10.4 Å². The number of benzene rings is 1. The third kappa shape index (κ3) is 4.23. The van der Waals surface area contributed by atoms with Crippen molar-refractivity contribution in [3.63, 3.8) is 0 Å². The lowest BCUT2D eigenvalue weighted by Gasteiger charge is -2.10. The Morgan fingerprint density at radius 2 is 2.17 bits per heavy atom. The first-order chi connectivity index (χ1) is 8.54. The first kappa shape index (κ1) is 14.3. The summed E-state index contributed by atoms with van der Waals surface area (Å²) in [5, 5.41) is 11.5. The lowest BCUT2D eigenvalue weighted by Crippen LogP contribution is -2.18. The Balaban J connectivity index is 2.89. The van der Waals surface area contributed by atoms with Gasteiger partial charge in [-0.05, 0) is 24.6 Å². The number of amides is 1. The maximum atomic E-state index is 11.7. The molecule has 3 heteroatoms. The van der Waals surface area contributed by atoms with Crippen LogP contribution in [0.15, 0.2) is 18.2 Å². The van der Waals surface area contributed by atoms with Gasteiger partial charge >= 0.3 is 0 Å². The molecule has 0 aliphatic heterocycles. The molecule has 0 saturated carbocycles. The van der Waals surface area contributed by atoms with Crippen molar-refractivity contribution < 1.29 is 9.90 Å². The molecule has 0 radical (unpaired) electrons. The summed E-state index contributed by atoms with van der Waals surface area (Å²) in [5.74, 6) is 5.77. The van der Waals surface area contributed by atoms with Gasteiger partial charge in [-0.3, -0.25) is 4.79 Å². The molecule has 1 rings (SSSR count). The van der Waals surface area contributed by atoms with Crippen molar-refractivity contribution in [2.24, 2.45) is 5.92 Å². The number of hydrogen-bond donors (Lipinski definition) is 2. The molecular formula is C15H19NO2. The summed E-state index contributed by atoms with van der Waals surface area (Å²) >= 11 is 0. The number of nitrogens with one attached hydrogen (secondary N) is 1. The molecule has 0 heterocycles. The highest BCUT2D eigenvalue weighted by atomic mass is 16.2. The molecule has 0 aromatic heterocycles. The summed E-state index contributed by atoms with van der Waals surface area (Å²) in [6, 6.07) is 5.70. The van der Waals surface area contributed by atoms with Crippen molar-refractivity contribution in [2.45, 2.75) is 27.2 Å². The molecule has 0 fully saturated rings. The summed E-state index contributed by atoms with van der Waals surface area (Å²) in [5.41, 5.74) is 2.65. The van der Waals surface area contributed by atoms with Crippen LogP contribution in [0.3, 0.4) is 0 Å². The average molecular weight is 245 g/mol. The van der Waals surface area contributed by atoms with Gasteiger partial charge in [-0.25, -0.2) is 0 Å². The van der Waals surface area contributed by atoms with E-state index < -0.39 is 0 Å². The van der Waals surface area contributed by atoms with Gasteiger partial charge in [-0.15, -0.1) is 0 Å². The zero-order valence-electron chi connectivity index (χ0n) is 11.1. The van der Waals surface area contributed by atoms with Crippen LogP contribution in [-0.4, -0.2) is 17.6 Å². The minimum atomic E-state index is -0.0477. The molecule has 0 unspecified atom stereocenters. The Morgan fingerprint density at radius 1 is 1.44 bits per heavy atom. The third-order valence-corrected chi connectivity index (χ3v) is 2.49. The Kier molecular flexibility index (Phi) is 5.41. The third-order valence-electron chi connectivity index (χ3n) is 2.49. The first-order valence-corrected chi connectivity index (χ1v) is 6.06. The lowest BCUT2D eigenvalue weighted by molar-refractivity contribution is -0.118. The summed E-state index contributed by atoms with van der Waals surface area (Å²) in [6.07, 6.45) is 0.460. The van der Waals surface area contributed by atoms with Crippen LogP contribution in [0.2, 0.25) is 0 Å². The van der Waals surface area contributed by atoms with Gasteiger partial charge in [-0.2, -0.15) is 0 Å². The van der Waals surface area contributed by atoms with Crippen molar-refractivity contribution in [1.29, 1.82) is 0 Å². The van der Waals surface area contributed by atoms with E-state index in [1.54, 1.807) is 0 Å². The van der Waals surface area contributed by atoms with Gasteiger partial charge in [0.2, 0.25) is 5.91 Å². The van der Waals surface area contributed by atoms with Crippen molar-refractivity contribution in [3.8, 4) is 11.8 Å². The highest BCUT2D eigenvalue weighted by Crippen LogP contribution is 2.17. The number of carbonyl (C=O) groups is 1. The van der Waals surface area contributed by atoms with Crippen molar-refractivity contribution in [2.75, 3.05) is 11.9 Å². The number of aliphatic hydroxyl groups excluding tert-OH is 1. The fraction of sp³-hybridized carbons (Fsp3) is 0.400. The van der Waals surface area contributed by atoms with Gasteiger partial charge in [0.15, 0.2) is 0 Å². The fourth-order valence-corrected chi connectivity index (χ4v) is 1.33. The Labute approximate surface area is 108 Å². The molecule has 1 aromatic rings. The second kappa shape index (κ2) is 6.83. The van der Waals surface area contributed by atoms with Crippen LogP contribution >= 0.6 is 0 Å². The van der Waals surface area contributed by atoms with Crippen LogP contribution in [0, 0.1) is 24.7 Å². The van der Waals surface area contributed by atoms with Gasteiger partial charge in [-0.1, -0.05) is 31.8 Å². The number of aliphatic hydroxyl groups is 1. The van der Waals surface area contributed by atoms with Crippen LogP contribution in [0.5, 0.6) is 0 Å². The zero-order valence-corrected chi connectivity index (χ0v) is 11.1. The molecule has 0 aliphatic rings. The van der Waals surface area contributed by atoms with E-state index in [1.165, 1.54) is 0 Å². The summed E-state index contributed by atoms with van der Waals surface area (Å²) < 4.78 is 0. The molecule has 0 saturated heterocycles. The minimum Gasteiger partial charge on any atom is -0.395 e. The molecule has 3 nitrogen and oxygen atoms in total. The number of carbonyl (C=O) groups excluding carboxylic acids is 1. The van der Waals surface area contributed by atoms with Gasteiger partial charge in [0.25, 0.3) is 0 Å². The Hall–Kier alpha value is -1.79. The predicted octanol–water partition coefficient (Wildman–Crippen LogP) is 2.32. The van der Waals surface area contributed by atoms with Gasteiger partial charge in [0.05, 0.1) is 6.61 Å². The second-order valence-corrected chi connectivity index (χ2v) is 4.45. The molecule has 18 heavy (non-hydrogen) atoms. The smallest absolute Gasteiger partial charge is 0.226 e. The highest BCUT2D eigenvalue weighted by Gasteiger charge is 2.08. The fourth-order valence-electron chi connectivity index (χ4n) is 1.33. The predicted molar refractivity (Wildman–Crippen MR) is 73.2 cm³/mol. The van der Waals surface area contributed by atoms with Crippen LogP contribution in [0.1, 0.15) is 31.4 Å². The molecule has 0 atom stereocenters. The SMILES string of the molecule is Cc1ccc(C#CCCO)cc1NC(=O)C(C)C. The normalized spacial score (nSPS) is 9.83. The molecule has 96 valence electrons. The van der Waals surface area contributed by atoms with E-state index in [0.717, 1.165) is 16.8 Å². The molecule has 0 aliphatic carbocycles. The van der Waals surface area contributed by atoms with E-state index in [9.17, 15) is 4.79 Å². The van der Waals surface area contributed by atoms with Crippen LogP contribution in [0.4, 0.5) is 5.69 Å². The first-order valence-electron chi connectivity index (χ1n) is 6.06. The largest absolute Gasteiger partial charge is 0.395 e. The number of hydrogen-bond acceptors (Lipinski definition) is 2. The van der Waals surface area contributed by atoms with Crippen molar-refractivity contribution in [3.05, 3.63) is 29.3 Å². The second-order valence-electron chi connectivity index (χ2n) is 4.45. The Morgan fingerprint density at radius 3 is 2.78 bits per heavy atom. The van der Waals surface area contributed by atoms with E-state index in [4.69, 9.17) is 5.11 Å². The summed E-state index contributed by atoms with van der Waals surface area (Å²) in [7, 11) is 0. The highest BCUT2D eigenvalue weighted by molar-refractivity contribution is 5.92. The van der Waals surface area contributed by atoms with E-state index in [0.29, 0.717) is 6.42 Å². The van der Waals surface area contributed by atoms with E-state index in [-0.39, 0.29) is 18.4 Å². The van der Waals surface area contributed by atoms with E-state index in [2.05, 4.69) is 17.2 Å². The molecule has 0 spiro atoms. The molecular weight excluding hydrogens is 226 g/mol.